The van der Waals surface area contributed by atoms with Crippen molar-refractivity contribution < 1.29 is 0 Å². The van der Waals surface area contributed by atoms with E-state index in [1.54, 1.807) is 17.0 Å². The second-order valence-electron chi connectivity index (χ2n) is 4.99. The van der Waals surface area contributed by atoms with Crippen molar-refractivity contribution in [2.24, 2.45) is 11.7 Å². The molecule has 0 fully saturated rings. The molecule has 0 aromatic carbocycles. The zero-order chi connectivity index (χ0) is 13.5. The third-order valence-electron chi connectivity index (χ3n) is 2.74. The van der Waals surface area contributed by atoms with Crippen LogP contribution in [0.4, 0.5) is 5.82 Å². The maximum Gasteiger partial charge on any atom is 0.293 e. The summed E-state index contributed by atoms with van der Waals surface area (Å²) in [6.45, 7) is 7.48. The first kappa shape index (κ1) is 14.7. The largest absolute Gasteiger partial charge is 0.361 e. The van der Waals surface area contributed by atoms with Gasteiger partial charge in [-0.3, -0.25) is 4.79 Å². The van der Waals surface area contributed by atoms with Crippen LogP contribution in [0.5, 0.6) is 0 Å². The monoisotopic (exact) mass is 252 g/mol. The minimum Gasteiger partial charge on any atom is -0.361 e. The lowest BCUT2D eigenvalue weighted by atomic mass is 10.2. The highest BCUT2D eigenvalue weighted by molar-refractivity contribution is 5.32. The Hall–Kier alpha value is -1.36. The Labute approximate surface area is 108 Å². The molecular weight excluding hydrogens is 228 g/mol. The third-order valence-corrected chi connectivity index (χ3v) is 2.74. The molecule has 0 aliphatic heterocycles. The minimum atomic E-state index is -0.0687. The van der Waals surface area contributed by atoms with Gasteiger partial charge in [0.15, 0.2) is 5.82 Å². The van der Waals surface area contributed by atoms with Crippen LogP contribution in [0.25, 0.3) is 0 Å². The van der Waals surface area contributed by atoms with Crippen LogP contribution in [0.3, 0.4) is 0 Å². The molecule has 102 valence electrons. The van der Waals surface area contributed by atoms with Gasteiger partial charge in [0.25, 0.3) is 5.56 Å². The molecule has 1 unspecified atom stereocenters. The van der Waals surface area contributed by atoms with Crippen molar-refractivity contribution in [2.45, 2.75) is 46.2 Å². The highest BCUT2D eigenvalue weighted by Crippen LogP contribution is 2.03. The molecule has 1 atom stereocenters. The second-order valence-corrected chi connectivity index (χ2v) is 4.99. The zero-order valence-electron chi connectivity index (χ0n) is 11.5. The summed E-state index contributed by atoms with van der Waals surface area (Å²) in [6.07, 6.45) is 5.36. The summed E-state index contributed by atoms with van der Waals surface area (Å²) in [5.41, 5.74) is 5.61. The molecule has 0 spiro atoms. The number of nitrogens with two attached hydrogens (primary N) is 1. The second kappa shape index (κ2) is 7.16. The predicted octanol–water partition coefficient (Wildman–Crippen LogP) is 1.44. The van der Waals surface area contributed by atoms with E-state index in [4.69, 9.17) is 5.73 Å². The lowest BCUT2D eigenvalue weighted by Crippen LogP contribution is -2.34. The van der Waals surface area contributed by atoms with Gasteiger partial charge in [-0.25, -0.2) is 4.98 Å². The van der Waals surface area contributed by atoms with Gasteiger partial charge in [0.1, 0.15) is 0 Å². The summed E-state index contributed by atoms with van der Waals surface area (Å²) in [6, 6.07) is 0.116. The van der Waals surface area contributed by atoms with Crippen molar-refractivity contribution in [2.75, 3.05) is 11.9 Å². The fourth-order valence-corrected chi connectivity index (χ4v) is 1.87. The van der Waals surface area contributed by atoms with Crippen molar-refractivity contribution in [3.63, 3.8) is 0 Å². The van der Waals surface area contributed by atoms with Crippen LogP contribution in [-0.2, 0) is 6.54 Å². The minimum absolute atomic E-state index is 0.0687. The summed E-state index contributed by atoms with van der Waals surface area (Å²) in [7, 11) is 0. The predicted molar refractivity (Wildman–Crippen MR) is 74.7 cm³/mol. The molecule has 3 N–H and O–H groups in total. The molecule has 18 heavy (non-hydrogen) atoms. The van der Waals surface area contributed by atoms with Gasteiger partial charge in [0.2, 0.25) is 0 Å². The van der Waals surface area contributed by atoms with Crippen molar-refractivity contribution >= 4 is 5.82 Å². The lowest BCUT2D eigenvalue weighted by molar-refractivity contribution is 0.509. The smallest absolute Gasteiger partial charge is 0.293 e. The molecule has 0 amide bonds. The first-order valence-electron chi connectivity index (χ1n) is 6.60. The van der Waals surface area contributed by atoms with E-state index < -0.39 is 0 Å². The van der Waals surface area contributed by atoms with Crippen LogP contribution in [0.2, 0.25) is 0 Å². The van der Waals surface area contributed by atoms with Crippen molar-refractivity contribution in [3.05, 3.63) is 22.7 Å². The van der Waals surface area contributed by atoms with Crippen molar-refractivity contribution in [3.8, 4) is 0 Å². The van der Waals surface area contributed by atoms with Crippen LogP contribution < -0.4 is 16.6 Å². The SMILES string of the molecule is CCCC(CN)Nc1nccn(CC(C)C)c1=O. The van der Waals surface area contributed by atoms with Gasteiger partial charge in [-0.1, -0.05) is 27.2 Å². The van der Waals surface area contributed by atoms with Crippen LogP contribution in [0.15, 0.2) is 17.2 Å². The Morgan fingerprint density at radius 3 is 2.78 bits per heavy atom. The van der Waals surface area contributed by atoms with Crippen LogP contribution in [0, 0.1) is 5.92 Å². The summed E-state index contributed by atoms with van der Waals surface area (Å²) >= 11 is 0. The summed E-state index contributed by atoms with van der Waals surface area (Å²) in [4.78, 5) is 16.3. The molecule has 1 heterocycles. The lowest BCUT2D eigenvalue weighted by Gasteiger charge is -2.17. The van der Waals surface area contributed by atoms with E-state index in [0.29, 0.717) is 24.8 Å². The van der Waals surface area contributed by atoms with E-state index in [1.807, 2.05) is 0 Å². The average Bonchev–Trinajstić information content (AvgIpc) is 2.32. The third kappa shape index (κ3) is 4.14. The normalized spacial score (nSPS) is 12.7. The van der Waals surface area contributed by atoms with Crippen molar-refractivity contribution in [1.29, 1.82) is 0 Å². The molecule has 5 nitrogen and oxygen atoms in total. The Kier molecular flexibility index (Phi) is 5.85. The number of aromatic nitrogens is 2. The van der Waals surface area contributed by atoms with Crippen LogP contribution in [-0.4, -0.2) is 22.1 Å². The molecule has 5 heteroatoms. The number of nitrogens with one attached hydrogen (secondary N) is 1. The molecule has 1 aromatic heterocycles. The number of nitrogens with zero attached hydrogens (tertiary/aromatic N) is 2. The van der Waals surface area contributed by atoms with E-state index >= 15 is 0 Å². The highest BCUT2D eigenvalue weighted by Gasteiger charge is 2.10. The Morgan fingerprint density at radius 2 is 2.22 bits per heavy atom. The fraction of sp³-hybridized carbons (Fsp3) is 0.692. The highest BCUT2D eigenvalue weighted by atomic mass is 16.1. The summed E-state index contributed by atoms with van der Waals surface area (Å²) in [5.74, 6) is 0.834. The molecule has 0 aliphatic carbocycles. The summed E-state index contributed by atoms with van der Waals surface area (Å²) in [5, 5.41) is 3.14. The zero-order valence-corrected chi connectivity index (χ0v) is 11.5. The Bertz CT molecular complexity index is 414. The maximum absolute atomic E-state index is 12.2. The Morgan fingerprint density at radius 1 is 1.50 bits per heavy atom. The number of rotatable bonds is 7. The average molecular weight is 252 g/mol. The van der Waals surface area contributed by atoms with E-state index in [1.165, 1.54) is 0 Å². The first-order valence-corrected chi connectivity index (χ1v) is 6.60. The Balaban J connectivity index is 2.86. The van der Waals surface area contributed by atoms with E-state index in [0.717, 1.165) is 12.8 Å². The molecule has 0 radical (unpaired) electrons. The number of anilines is 1. The molecule has 0 saturated heterocycles. The van der Waals surface area contributed by atoms with Gasteiger partial charge in [-0.15, -0.1) is 0 Å². The summed E-state index contributed by atoms with van der Waals surface area (Å²) < 4.78 is 1.69. The van der Waals surface area contributed by atoms with Crippen LogP contribution in [0.1, 0.15) is 33.6 Å². The van der Waals surface area contributed by atoms with Gasteiger partial charge in [-0.05, 0) is 12.3 Å². The quantitative estimate of drug-likeness (QED) is 0.770. The standard InChI is InChI=1S/C13H24N4O/c1-4-5-11(8-14)16-12-13(18)17(7-6-15-12)9-10(2)3/h6-7,10-11H,4-5,8-9,14H2,1-3H3,(H,15,16). The molecule has 1 aromatic rings. The first-order chi connectivity index (χ1) is 8.58. The van der Waals surface area contributed by atoms with Gasteiger partial charge >= 0.3 is 0 Å². The van der Waals surface area contributed by atoms with E-state index in [-0.39, 0.29) is 11.6 Å². The molecular formula is C13H24N4O. The number of hydrogen-bond donors (Lipinski definition) is 2. The van der Waals surface area contributed by atoms with Gasteiger partial charge in [-0.2, -0.15) is 0 Å². The van der Waals surface area contributed by atoms with Gasteiger partial charge in [0, 0.05) is 31.5 Å². The van der Waals surface area contributed by atoms with E-state index in [9.17, 15) is 4.79 Å². The van der Waals surface area contributed by atoms with E-state index in [2.05, 4.69) is 31.1 Å². The maximum atomic E-state index is 12.2. The molecule has 1 rings (SSSR count). The van der Waals surface area contributed by atoms with Crippen molar-refractivity contribution in [1.82, 2.24) is 9.55 Å². The topological polar surface area (TPSA) is 72.9 Å². The fourth-order valence-electron chi connectivity index (χ4n) is 1.87. The van der Waals surface area contributed by atoms with Gasteiger partial charge in [0.05, 0.1) is 0 Å². The van der Waals surface area contributed by atoms with Crippen LogP contribution >= 0.6 is 0 Å². The van der Waals surface area contributed by atoms with Gasteiger partial charge < -0.3 is 15.6 Å². The molecule has 0 aliphatic rings. The molecule has 0 saturated carbocycles. The number of hydrogen-bond acceptors (Lipinski definition) is 4. The molecule has 0 bridgehead atoms.